The van der Waals surface area contributed by atoms with Crippen molar-refractivity contribution in [1.29, 1.82) is 0 Å². The normalized spacial score (nSPS) is 10.5. The van der Waals surface area contributed by atoms with E-state index >= 15 is 0 Å². The fourth-order valence-corrected chi connectivity index (χ4v) is 2.45. The molecule has 0 aliphatic rings. The highest BCUT2D eigenvalue weighted by atomic mass is 127. The lowest BCUT2D eigenvalue weighted by molar-refractivity contribution is 1.31. The van der Waals surface area contributed by atoms with Gasteiger partial charge in [0.1, 0.15) is 5.15 Å². The highest BCUT2D eigenvalue weighted by Gasteiger charge is 2.10. The Kier molecular flexibility index (Phi) is 4.83. The van der Waals surface area contributed by atoms with Crippen LogP contribution in [0.1, 0.15) is 0 Å². The molecule has 0 bridgehead atoms. The molecular formula is C11H5Cl4IN2. The van der Waals surface area contributed by atoms with E-state index in [9.17, 15) is 0 Å². The van der Waals surface area contributed by atoms with Gasteiger partial charge in [0, 0.05) is 3.57 Å². The summed E-state index contributed by atoms with van der Waals surface area (Å²) in [7, 11) is 0. The van der Waals surface area contributed by atoms with E-state index in [2.05, 4.69) is 32.9 Å². The summed E-state index contributed by atoms with van der Waals surface area (Å²) in [6.45, 7) is 0. The van der Waals surface area contributed by atoms with Gasteiger partial charge in [0.15, 0.2) is 5.82 Å². The molecule has 0 radical (unpaired) electrons. The van der Waals surface area contributed by atoms with Crippen molar-refractivity contribution in [1.82, 2.24) is 4.98 Å². The number of hydrogen-bond donors (Lipinski definition) is 1. The van der Waals surface area contributed by atoms with E-state index in [1.54, 1.807) is 6.07 Å². The van der Waals surface area contributed by atoms with Crippen molar-refractivity contribution in [2.75, 3.05) is 5.32 Å². The van der Waals surface area contributed by atoms with Crippen LogP contribution in [0, 0.1) is 3.57 Å². The molecule has 2 aromatic rings. The Labute approximate surface area is 138 Å². The summed E-state index contributed by atoms with van der Waals surface area (Å²) < 4.78 is 1.04. The predicted octanol–water partition coefficient (Wildman–Crippen LogP) is 6.04. The third kappa shape index (κ3) is 3.33. The van der Waals surface area contributed by atoms with E-state index < -0.39 is 0 Å². The molecule has 2 nitrogen and oxygen atoms in total. The van der Waals surface area contributed by atoms with Gasteiger partial charge < -0.3 is 5.32 Å². The molecule has 94 valence electrons. The topological polar surface area (TPSA) is 24.9 Å². The maximum atomic E-state index is 6.07. The summed E-state index contributed by atoms with van der Waals surface area (Å²) in [5, 5.41) is 4.46. The predicted molar refractivity (Wildman–Crippen MR) is 86.7 cm³/mol. The van der Waals surface area contributed by atoms with E-state index in [4.69, 9.17) is 46.4 Å². The van der Waals surface area contributed by atoms with Crippen LogP contribution in [0.3, 0.4) is 0 Å². The quantitative estimate of drug-likeness (QED) is 0.461. The molecule has 0 saturated carbocycles. The maximum absolute atomic E-state index is 6.07. The molecule has 1 heterocycles. The molecule has 0 unspecified atom stereocenters. The van der Waals surface area contributed by atoms with Crippen molar-refractivity contribution in [2.24, 2.45) is 0 Å². The maximum Gasteiger partial charge on any atom is 0.151 e. The first-order valence-corrected chi connectivity index (χ1v) is 7.30. The van der Waals surface area contributed by atoms with Gasteiger partial charge in [-0.05, 0) is 46.9 Å². The molecule has 0 atom stereocenters. The number of halogens is 5. The second-order valence-electron chi connectivity index (χ2n) is 3.34. The highest BCUT2D eigenvalue weighted by molar-refractivity contribution is 14.1. The van der Waals surface area contributed by atoms with Gasteiger partial charge in [0.05, 0.1) is 20.8 Å². The van der Waals surface area contributed by atoms with Crippen molar-refractivity contribution in [2.45, 2.75) is 0 Å². The minimum Gasteiger partial charge on any atom is -0.338 e. The SMILES string of the molecule is Clc1ccc(I)cc1Nc1nc(Cl)c(Cl)cc1Cl. The van der Waals surface area contributed by atoms with E-state index in [0.717, 1.165) is 3.57 Å². The zero-order valence-electron chi connectivity index (χ0n) is 8.65. The number of nitrogens with one attached hydrogen (secondary N) is 1. The van der Waals surface area contributed by atoms with E-state index in [-0.39, 0.29) is 5.15 Å². The molecule has 1 aromatic carbocycles. The molecule has 18 heavy (non-hydrogen) atoms. The second kappa shape index (κ2) is 6.01. The fraction of sp³-hybridized carbons (Fsp3) is 0. The van der Waals surface area contributed by atoms with Crippen molar-refractivity contribution in [3.05, 3.63) is 48.1 Å². The van der Waals surface area contributed by atoms with Gasteiger partial charge in [0.25, 0.3) is 0 Å². The Bertz CT molecular complexity index is 604. The van der Waals surface area contributed by atoms with Crippen LogP contribution in [-0.4, -0.2) is 4.98 Å². The molecule has 0 aliphatic carbocycles. The summed E-state index contributed by atoms with van der Waals surface area (Å²) >= 11 is 25.9. The highest BCUT2D eigenvalue weighted by Crippen LogP contribution is 2.33. The van der Waals surface area contributed by atoms with Crippen LogP contribution in [-0.2, 0) is 0 Å². The first kappa shape index (κ1) is 14.5. The largest absolute Gasteiger partial charge is 0.338 e. The van der Waals surface area contributed by atoms with Crippen LogP contribution in [0.15, 0.2) is 24.3 Å². The van der Waals surface area contributed by atoms with Gasteiger partial charge in [0.2, 0.25) is 0 Å². The zero-order valence-corrected chi connectivity index (χ0v) is 13.8. The Balaban J connectivity index is 2.40. The van der Waals surface area contributed by atoms with Crippen molar-refractivity contribution in [3.63, 3.8) is 0 Å². The van der Waals surface area contributed by atoms with E-state index in [0.29, 0.717) is 26.6 Å². The number of rotatable bonds is 2. The van der Waals surface area contributed by atoms with Crippen LogP contribution in [0.25, 0.3) is 0 Å². The van der Waals surface area contributed by atoms with Gasteiger partial charge in [-0.15, -0.1) is 0 Å². The lowest BCUT2D eigenvalue weighted by Gasteiger charge is -2.10. The molecular weight excluding hydrogens is 429 g/mol. The number of benzene rings is 1. The van der Waals surface area contributed by atoms with Crippen molar-refractivity contribution in [3.8, 4) is 0 Å². The average molecular weight is 434 g/mol. The van der Waals surface area contributed by atoms with E-state index in [1.165, 1.54) is 6.07 Å². The third-order valence-corrected chi connectivity index (χ3v) is 4.03. The number of aromatic nitrogens is 1. The molecule has 1 aromatic heterocycles. The number of anilines is 2. The molecule has 2 rings (SSSR count). The molecule has 0 amide bonds. The summed E-state index contributed by atoms with van der Waals surface area (Å²) in [5.74, 6) is 0.412. The van der Waals surface area contributed by atoms with Gasteiger partial charge in [-0.2, -0.15) is 0 Å². The lowest BCUT2D eigenvalue weighted by atomic mass is 10.3. The first-order chi connectivity index (χ1) is 8.47. The van der Waals surface area contributed by atoms with Gasteiger partial charge >= 0.3 is 0 Å². The van der Waals surface area contributed by atoms with Crippen LogP contribution in [0.5, 0.6) is 0 Å². The summed E-state index contributed by atoms with van der Waals surface area (Å²) in [5.41, 5.74) is 0.705. The van der Waals surface area contributed by atoms with Gasteiger partial charge in [-0.1, -0.05) is 46.4 Å². The molecule has 0 fully saturated rings. The Morgan fingerprint density at radius 3 is 2.39 bits per heavy atom. The Morgan fingerprint density at radius 1 is 0.944 bits per heavy atom. The minimum atomic E-state index is 0.185. The summed E-state index contributed by atoms with van der Waals surface area (Å²) in [4.78, 5) is 4.07. The lowest BCUT2D eigenvalue weighted by Crippen LogP contribution is -1.96. The molecule has 1 N–H and O–H groups in total. The minimum absolute atomic E-state index is 0.185. The monoisotopic (exact) mass is 432 g/mol. The second-order valence-corrected chi connectivity index (χ2v) is 6.17. The average Bonchev–Trinajstić information content (AvgIpc) is 2.30. The van der Waals surface area contributed by atoms with Crippen LogP contribution >= 0.6 is 69.0 Å². The van der Waals surface area contributed by atoms with Crippen molar-refractivity contribution >= 4 is 80.5 Å². The summed E-state index contributed by atoms with van der Waals surface area (Å²) in [6.07, 6.45) is 0. The summed E-state index contributed by atoms with van der Waals surface area (Å²) in [6, 6.07) is 7.10. The number of hydrogen-bond acceptors (Lipinski definition) is 2. The number of nitrogens with zero attached hydrogens (tertiary/aromatic N) is 1. The van der Waals surface area contributed by atoms with Crippen LogP contribution < -0.4 is 5.32 Å². The molecule has 0 saturated heterocycles. The van der Waals surface area contributed by atoms with Crippen LogP contribution in [0.2, 0.25) is 20.2 Å². The van der Waals surface area contributed by atoms with Crippen LogP contribution in [0.4, 0.5) is 11.5 Å². The Morgan fingerprint density at radius 2 is 1.67 bits per heavy atom. The molecule has 0 aliphatic heterocycles. The van der Waals surface area contributed by atoms with Gasteiger partial charge in [-0.3, -0.25) is 0 Å². The van der Waals surface area contributed by atoms with E-state index in [1.807, 2.05) is 12.1 Å². The Hall–Kier alpha value is 0.0600. The van der Waals surface area contributed by atoms with Crippen molar-refractivity contribution < 1.29 is 0 Å². The smallest absolute Gasteiger partial charge is 0.151 e. The fourth-order valence-electron chi connectivity index (χ4n) is 1.25. The standard InChI is InChI=1S/C11H5Cl4IN2/c12-6-2-1-5(16)3-9(6)17-11-8(14)4-7(13)10(15)18-11/h1-4H,(H,17,18). The molecule has 7 heteroatoms. The zero-order chi connectivity index (χ0) is 13.3. The number of pyridine rings is 1. The molecule has 0 spiro atoms. The first-order valence-electron chi connectivity index (χ1n) is 4.71. The van der Waals surface area contributed by atoms with Gasteiger partial charge in [-0.25, -0.2) is 4.98 Å². The third-order valence-electron chi connectivity index (χ3n) is 2.07.